The smallest absolute Gasteiger partial charge is 0.128 e. The Kier molecular flexibility index (Phi) is 3.33. The van der Waals surface area contributed by atoms with Crippen molar-refractivity contribution < 1.29 is 0 Å². The summed E-state index contributed by atoms with van der Waals surface area (Å²) in [7, 11) is 0. The Morgan fingerprint density at radius 1 is 1.29 bits per heavy atom. The van der Waals surface area contributed by atoms with E-state index in [2.05, 4.69) is 29.8 Å². The molecular weight excluding hydrogens is 210 g/mol. The van der Waals surface area contributed by atoms with E-state index < -0.39 is 0 Å². The zero-order valence-corrected chi connectivity index (χ0v) is 10.6. The van der Waals surface area contributed by atoms with Gasteiger partial charge >= 0.3 is 0 Å². The molecule has 0 atom stereocenters. The van der Waals surface area contributed by atoms with Crippen LogP contribution >= 0.6 is 0 Å². The molecule has 1 aromatic heterocycles. The summed E-state index contributed by atoms with van der Waals surface area (Å²) in [5.74, 6) is 1.00. The molecule has 1 fully saturated rings. The number of anilines is 1. The SMILES string of the molecule is CC1(C)CCCN(c2ccc(C#N)cn2)CC1. The van der Waals surface area contributed by atoms with Gasteiger partial charge in [-0.15, -0.1) is 0 Å². The fraction of sp³-hybridized carbons (Fsp3) is 0.571. The van der Waals surface area contributed by atoms with Crippen molar-refractivity contribution in [1.82, 2.24) is 4.98 Å². The van der Waals surface area contributed by atoms with Crippen molar-refractivity contribution in [3.8, 4) is 6.07 Å². The highest BCUT2D eigenvalue weighted by molar-refractivity contribution is 5.41. The molecule has 2 heterocycles. The maximum Gasteiger partial charge on any atom is 0.128 e. The summed E-state index contributed by atoms with van der Waals surface area (Å²) in [5.41, 5.74) is 1.07. The third-order valence-corrected chi connectivity index (χ3v) is 3.54. The van der Waals surface area contributed by atoms with Crippen LogP contribution in [0.5, 0.6) is 0 Å². The molecule has 3 heteroatoms. The van der Waals surface area contributed by atoms with E-state index in [9.17, 15) is 0 Å². The van der Waals surface area contributed by atoms with Gasteiger partial charge in [0.2, 0.25) is 0 Å². The lowest BCUT2D eigenvalue weighted by Gasteiger charge is -2.24. The monoisotopic (exact) mass is 229 g/mol. The molecule has 0 aliphatic carbocycles. The maximum absolute atomic E-state index is 8.75. The summed E-state index contributed by atoms with van der Waals surface area (Å²) in [4.78, 5) is 6.70. The molecule has 1 aliphatic rings. The largest absolute Gasteiger partial charge is 0.357 e. The van der Waals surface area contributed by atoms with Gasteiger partial charge in [0.1, 0.15) is 11.9 Å². The zero-order chi connectivity index (χ0) is 12.3. The van der Waals surface area contributed by atoms with Crippen LogP contribution < -0.4 is 4.90 Å². The van der Waals surface area contributed by atoms with Gasteiger partial charge in [0.25, 0.3) is 0 Å². The molecule has 0 N–H and O–H groups in total. The van der Waals surface area contributed by atoms with Crippen LogP contribution in [0.4, 0.5) is 5.82 Å². The number of aromatic nitrogens is 1. The third-order valence-electron chi connectivity index (χ3n) is 3.54. The molecule has 0 bridgehead atoms. The minimum atomic E-state index is 0.446. The van der Waals surface area contributed by atoms with Crippen molar-refractivity contribution in [2.24, 2.45) is 5.41 Å². The summed E-state index contributed by atoms with van der Waals surface area (Å²) >= 11 is 0. The van der Waals surface area contributed by atoms with E-state index in [1.807, 2.05) is 12.1 Å². The first kappa shape index (κ1) is 11.9. The predicted octanol–water partition coefficient (Wildman–Crippen LogP) is 2.97. The molecule has 0 aromatic carbocycles. The topological polar surface area (TPSA) is 39.9 Å². The molecular formula is C14H19N3. The Hall–Kier alpha value is -1.56. The molecule has 1 aliphatic heterocycles. The second kappa shape index (κ2) is 4.75. The van der Waals surface area contributed by atoms with Gasteiger partial charge in [-0.2, -0.15) is 5.26 Å². The van der Waals surface area contributed by atoms with E-state index in [1.54, 1.807) is 6.20 Å². The highest BCUT2D eigenvalue weighted by Gasteiger charge is 2.23. The van der Waals surface area contributed by atoms with Gasteiger partial charge in [-0.1, -0.05) is 13.8 Å². The van der Waals surface area contributed by atoms with Crippen LogP contribution in [0.25, 0.3) is 0 Å². The molecule has 0 radical (unpaired) electrons. The Bertz CT molecular complexity index is 414. The quantitative estimate of drug-likeness (QED) is 0.743. The van der Waals surface area contributed by atoms with Gasteiger partial charge in [0, 0.05) is 19.3 Å². The van der Waals surface area contributed by atoms with Crippen LogP contribution in [0.15, 0.2) is 18.3 Å². The third kappa shape index (κ3) is 2.97. The number of hydrogen-bond acceptors (Lipinski definition) is 3. The van der Waals surface area contributed by atoms with Crippen molar-refractivity contribution in [3.05, 3.63) is 23.9 Å². The van der Waals surface area contributed by atoms with E-state index in [-0.39, 0.29) is 0 Å². The molecule has 90 valence electrons. The lowest BCUT2D eigenvalue weighted by molar-refractivity contribution is 0.325. The summed E-state index contributed by atoms with van der Waals surface area (Å²) in [6.07, 6.45) is 5.36. The van der Waals surface area contributed by atoms with Crippen LogP contribution in [0.3, 0.4) is 0 Å². The number of rotatable bonds is 1. The lowest BCUT2D eigenvalue weighted by atomic mass is 9.85. The van der Waals surface area contributed by atoms with Gasteiger partial charge < -0.3 is 4.90 Å². The van der Waals surface area contributed by atoms with Crippen molar-refractivity contribution >= 4 is 5.82 Å². The first-order valence-corrected chi connectivity index (χ1v) is 6.22. The first-order valence-electron chi connectivity index (χ1n) is 6.22. The van der Waals surface area contributed by atoms with Crippen LogP contribution in [0.1, 0.15) is 38.7 Å². The van der Waals surface area contributed by atoms with Gasteiger partial charge in [0.05, 0.1) is 5.56 Å². The zero-order valence-electron chi connectivity index (χ0n) is 10.6. The molecule has 0 spiro atoms. The average Bonchev–Trinajstić information content (AvgIpc) is 2.50. The van der Waals surface area contributed by atoms with Crippen LogP contribution in [-0.4, -0.2) is 18.1 Å². The highest BCUT2D eigenvalue weighted by atomic mass is 15.2. The molecule has 0 amide bonds. The Morgan fingerprint density at radius 2 is 2.12 bits per heavy atom. The maximum atomic E-state index is 8.75. The number of nitriles is 1. The molecule has 2 rings (SSSR count). The average molecular weight is 229 g/mol. The summed E-state index contributed by atoms with van der Waals surface area (Å²) in [5, 5.41) is 8.75. The first-order chi connectivity index (χ1) is 8.11. The molecule has 17 heavy (non-hydrogen) atoms. The molecule has 1 saturated heterocycles. The molecule has 0 saturated carbocycles. The standard InChI is InChI=1S/C14H19N3/c1-14(2)6-3-8-17(9-7-14)13-5-4-12(10-15)11-16-13/h4-5,11H,3,6-9H2,1-2H3. The van der Waals surface area contributed by atoms with Gasteiger partial charge in [-0.3, -0.25) is 0 Å². The normalized spacial score (nSPS) is 19.5. The summed E-state index contributed by atoms with van der Waals surface area (Å²) in [6.45, 7) is 6.81. The second-order valence-electron chi connectivity index (χ2n) is 5.52. The predicted molar refractivity (Wildman–Crippen MR) is 68.8 cm³/mol. The molecule has 3 nitrogen and oxygen atoms in total. The van der Waals surface area contributed by atoms with Crippen LogP contribution in [0, 0.1) is 16.7 Å². The number of hydrogen-bond donors (Lipinski definition) is 0. The van der Waals surface area contributed by atoms with Crippen molar-refractivity contribution in [1.29, 1.82) is 5.26 Å². The Labute approximate surface area is 103 Å². The molecule has 1 aromatic rings. The highest BCUT2D eigenvalue weighted by Crippen LogP contribution is 2.31. The van der Waals surface area contributed by atoms with Crippen molar-refractivity contribution in [3.63, 3.8) is 0 Å². The van der Waals surface area contributed by atoms with Crippen LogP contribution in [0.2, 0.25) is 0 Å². The number of pyridine rings is 1. The Balaban J connectivity index is 2.09. The van der Waals surface area contributed by atoms with E-state index in [0.29, 0.717) is 11.0 Å². The van der Waals surface area contributed by atoms with E-state index >= 15 is 0 Å². The van der Waals surface area contributed by atoms with E-state index in [4.69, 9.17) is 5.26 Å². The number of nitrogens with zero attached hydrogens (tertiary/aromatic N) is 3. The van der Waals surface area contributed by atoms with Crippen LogP contribution in [-0.2, 0) is 0 Å². The molecule has 0 unspecified atom stereocenters. The fourth-order valence-electron chi connectivity index (χ4n) is 2.29. The Morgan fingerprint density at radius 3 is 2.76 bits per heavy atom. The minimum absolute atomic E-state index is 0.446. The van der Waals surface area contributed by atoms with Gasteiger partial charge in [-0.05, 0) is 36.8 Å². The van der Waals surface area contributed by atoms with E-state index in [0.717, 1.165) is 18.9 Å². The minimum Gasteiger partial charge on any atom is -0.357 e. The fourth-order valence-corrected chi connectivity index (χ4v) is 2.29. The summed E-state index contributed by atoms with van der Waals surface area (Å²) < 4.78 is 0. The summed E-state index contributed by atoms with van der Waals surface area (Å²) in [6, 6.07) is 5.90. The van der Waals surface area contributed by atoms with Crippen molar-refractivity contribution in [2.45, 2.75) is 33.1 Å². The van der Waals surface area contributed by atoms with E-state index in [1.165, 1.54) is 19.3 Å². The lowest BCUT2D eigenvalue weighted by Crippen LogP contribution is -2.25. The second-order valence-corrected chi connectivity index (χ2v) is 5.52. The van der Waals surface area contributed by atoms with Gasteiger partial charge in [0.15, 0.2) is 0 Å². The van der Waals surface area contributed by atoms with Gasteiger partial charge in [-0.25, -0.2) is 4.98 Å². The van der Waals surface area contributed by atoms with Crippen molar-refractivity contribution in [2.75, 3.05) is 18.0 Å².